The molecule has 0 amide bonds. The largest absolute Gasteiger partial charge is 0.0918 e. The lowest BCUT2D eigenvalue weighted by Gasteiger charge is -2.09. The molecule has 4 aromatic carbocycles. The summed E-state index contributed by atoms with van der Waals surface area (Å²) in [6.07, 6.45) is 4.61. The van der Waals surface area contributed by atoms with E-state index in [1.54, 1.807) is 0 Å². The molecule has 0 atom stereocenters. The molecule has 4 aliphatic rings. The fraction of sp³-hybridized carbons (Fsp3) is 0.188. The van der Waals surface area contributed by atoms with Gasteiger partial charge in [-0.25, -0.2) is 0 Å². The number of rotatable bonds is 0. The van der Waals surface area contributed by atoms with E-state index < -0.39 is 0 Å². The van der Waals surface area contributed by atoms with Crippen molar-refractivity contribution < 1.29 is 0 Å². The van der Waals surface area contributed by atoms with E-state index in [2.05, 4.69) is 99.8 Å². The van der Waals surface area contributed by atoms with Crippen molar-refractivity contribution in [2.75, 3.05) is 0 Å². The van der Waals surface area contributed by atoms with Gasteiger partial charge in [0.2, 0.25) is 0 Å². The Labute approximate surface area is 193 Å². The summed E-state index contributed by atoms with van der Waals surface area (Å²) in [7, 11) is 0. The van der Waals surface area contributed by atoms with Gasteiger partial charge >= 0.3 is 0 Å². The van der Waals surface area contributed by atoms with Gasteiger partial charge in [-0.05, 0) is 72.2 Å². The number of hydrogen-bond acceptors (Lipinski definition) is 0. The predicted molar refractivity (Wildman–Crippen MR) is 140 cm³/mol. The van der Waals surface area contributed by atoms with Gasteiger partial charge in [-0.1, -0.05) is 121 Å². The second-order valence-electron chi connectivity index (χ2n) is 8.60. The molecule has 4 bridgehead atoms. The Morgan fingerprint density at radius 1 is 0.375 bits per heavy atom. The third-order valence-electron chi connectivity index (χ3n) is 5.69. The molecule has 0 saturated heterocycles. The fourth-order valence-electron chi connectivity index (χ4n) is 3.50. The van der Waals surface area contributed by atoms with E-state index in [1.807, 2.05) is 24.3 Å². The smallest absolute Gasteiger partial charge is 0.0238 e. The second kappa shape index (κ2) is 11.9. The maximum Gasteiger partial charge on any atom is -0.0238 e. The van der Waals surface area contributed by atoms with Crippen LogP contribution in [0.15, 0.2) is 97.1 Å². The summed E-state index contributed by atoms with van der Waals surface area (Å²) in [5.74, 6) is 0. The van der Waals surface area contributed by atoms with Crippen LogP contribution < -0.4 is 10.4 Å². The Morgan fingerprint density at radius 3 is 0.812 bits per heavy atom. The van der Waals surface area contributed by atoms with E-state index in [9.17, 15) is 0 Å². The van der Waals surface area contributed by atoms with Crippen molar-refractivity contribution in [1.29, 1.82) is 0 Å². The molecule has 0 heteroatoms. The van der Waals surface area contributed by atoms with Crippen molar-refractivity contribution >= 4 is 13.2 Å². The molecule has 0 aliphatic heterocycles. The van der Waals surface area contributed by atoms with Crippen LogP contribution in [0.3, 0.4) is 0 Å². The average molecular weight is 419 g/mol. The minimum Gasteiger partial charge on any atom is -0.0918 e. The van der Waals surface area contributed by atoms with Crippen LogP contribution in [-0.2, 0) is 25.7 Å². The summed E-state index contributed by atoms with van der Waals surface area (Å²) < 4.78 is 0. The van der Waals surface area contributed by atoms with Crippen LogP contribution in [0.2, 0.25) is 0 Å². The van der Waals surface area contributed by atoms with Crippen LogP contribution in [0, 0.1) is 13.8 Å². The van der Waals surface area contributed by atoms with Crippen molar-refractivity contribution in [3.8, 4) is 0 Å². The first-order chi connectivity index (χ1) is 15.5. The van der Waals surface area contributed by atoms with Crippen molar-refractivity contribution in [1.82, 2.24) is 0 Å². The zero-order valence-electron chi connectivity index (χ0n) is 19.5. The molecular formula is C32H34. The standard InChI is InChI=1S/C16H16.C8H10.C8H8/c1-2-14-4-3-13(1)9-10-15-5-7-16(8-6-15)12-11-14;2*1-7-3-5-8(2)6-4-7/h1-8H,9-12H2;3-6H,1-2H3;3-6H,1-2H2. The van der Waals surface area contributed by atoms with Gasteiger partial charge in [-0.3, -0.25) is 0 Å². The summed E-state index contributed by atoms with van der Waals surface area (Å²) in [5.41, 5.74) is 8.47. The monoisotopic (exact) mass is 418 g/mol. The fourth-order valence-corrected chi connectivity index (χ4v) is 3.50. The quantitative estimate of drug-likeness (QED) is 0.311. The van der Waals surface area contributed by atoms with Crippen LogP contribution in [0.5, 0.6) is 0 Å². The SMILES string of the molecule is C=c1ccc(=C)cc1.Cc1ccc(C)cc1.c1cc2ccc1CCc1ccc(cc1)CC2. The molecule has 0 radical (unpaired) electrons. The molecule has 0 nitrogen and oxygen atoms in total. The molecule has 0 aromatic heterocycles. The zero-order valence-corrected chi connectivity index (χ0v) is 19.5. The molecule has 4 aromatic rings. The molecule has 162 valence electrons. The predicted octanol–water partition coefficient (Wildman–Crippen LogP) is 6.38. The molecule has 0 spiro atoms. The summed E-state index contributed by atoms with van der Waals surface area (Å²) in [6.45, 7) is 11.7. The Kier molecular flexibility index (Phi) is 8.63. The number of hydrogen-bond donors (Lipinski definition) is 0. The Bertz CT molecular complexity index is 1010. The zero-order chi connectivity index (χ0) is 22.8. The highest BCUT2D eigenvalue weighted by atomic mass is 14.1. The molecular weight excluding hydrogens is 384 g/mol. The molecule has 0 N–H and O–H groups in total. The summed E-state index contributed by atoms with van der Waals surface area (Å²) in [4.78, 5) is 0. The third kappa shape index (κ3) is 8.04. The summed E-state index contributed by atoms with van der Waals surface area (Å²) >= 11 is 0. The van der Waals surface area contributed by atoms with Gasteiger partial charge in [0, 0.05) is 0 Å². The highest BCUT2D eigenvalue weighted by Crippen LogP contribution is 2.15. The van der Waals surface area contributed by atoms with Crippen molar-refractivity contribution in [2.24, 2.45) is 0 Å². The Hall–Kier alpha value is -3.38. The van der Waals surface area contributed by atoms with E-state index >= 15 is 0 Å². The van der Waals surface area contributed by atoms with Gasteiger partial charge < -0.3 is 0 Å². The normalized spacial score (nSPS) is 11.8. The van der Waals surface area contributed by atoms with Crippen LogP contribution >= 0.6 is 0 Å². The van der Waals surface area contributed by atoms with Crippen LogP contribution in [0.25, 0.3) is 13.2 Å². The Balaban J connectivity index is 0.000000152. The summed E-state index contributed by atoms with van der Waals surface area (Å²) in [6, 6.07) is 34.5. The highest BCUT2D eigenvalue weighted by Gasteiger charge is 2.01. The molecule has 4 aliphatic carbocycles. The maximum absolute atomic E-state index is 3.73. The number of aryl methyl sites for hydroxylation is 6. The van der Waals surface area contributed by atoms with E-state index in [0.717, 1.165) is 36.1 Å². The van der Waals surface area contributed by atoms with Gasteiger partial charge in [0.05, 0.1) is 0 Å². The molecule has 0 fully saturated rings. The molecule has 8 rings (SSSR count). The molecule has 0 heterocycles. The van der Waals surface area contributed by atoms with Crippen LogP contribution in [0.4, 0.5) is 0 Å². The van der Waals surface area contributed by atoms with E-state index in [0.29, 0.717) is 0 Å². The van der Waals surface area contributed by atoms with E-state index in [-0.39, 0.29) is 0 Å². The molecule has 0 saturated carbocycles. The molecule has 32 heavy (non-hydrogen) atoms. The van der Waals surface area contributed by atoms with Gasteiger partial charge in [0.25, 0.3) is 0 Å². The highest BCUT2D eigenvalue weighted by molar-refractivity contribution is 5.29. The lowest BCUT2D eigenvalue weighted by Crippen LogP contribution is -2.02. The first-order valence-electron chi connectivity index (χ1n) is 11.4. The van der Waals surface area contributed by atoms with Gasteiger partial charge in [0.15, 0.2) is 0 Å². The second-order valence-corrected chi connectivity index (χ2v) is 8.60. The van der Waals surface area contributed by atoms with Crippen LogP contribution in [-0.4, -0.2) is 0 Å². The van der Waals surface area contributed by atoms with Crippen molar-refractivity contribution in [2.45, 2.75) is 39.5 Å². The van der Waals surface area contributed by atoms with E-state index in [4.69, 9.17) is 0 Å². The minimum atomic E-state index is 1.04. The van der Waals surface area contributed by atoms with Crippen molar-refractivity contribution in [3.63, 3.8) is 0 Å². The van der Waals surface area contributed by atoms with Gasteiger partial charge in [-0.15, -0.1) is 0 Å². The lowest BCUT2D eigenvalue weighted by molar-refractivity contribution is 0.921. The lowest BCUT2D eigenvalue weighted by atomic mass is 9.97. The average Bonchev–Trinajstić information content (AvgIpc) is 2.81. The van der Waals surface area contributed by atoms with Gasteiger partial charge in [0.1, 0.15) is 0 Å². The minimum absolute atomic E-state index is 1.04. The first-order valence-corrected chi connectivity index (χ1v) is 11.4. The van der Waals surface area contributed by atoms with E-state index in [1.165, 1.54) is 33.4 Å². The number of benzene rings is 4. The van der Waals surface area contributed by atoms with Crippen LogP contribution in [0.1, 0.15) is 33.4 Å². The first kappa shape index (κ1) is 23.3. The molecule has 0 unspecified atom stereocenters. The summed E-state index contributed by atoms with van der Waals surface area (Å²) in [5, 5.41) is 2.08. The van der Waals surface area contributed by atoms with Crippen molar-refractivity contribution in [3.05, 3.63) is 141 Å². The Morgan fingerprint density at radius 2 is 0.594 bits per heavy atom. The van der Waals surface area contributed by atoms with Gasteiger partial charge in [-0.2, -0.15) is 0 Å². The topological polar surface area (TPSA) is 0 Å². The third-order valence-corrected chi connectivity index (χ3v) is 5.69. The maximum atomic E-state index is 3.73.